The average Bonchev–Trinajstić information content (AvgIpc) is 2.89. The van der Waals surface area contributed by atoms with Crippen LogP contribution in [0.3, 0.4) is 0 Å². The van der Waals surface area contributed by atoms with Crippen LogP contribution in [0.4, 0.5) is 5.69 Å². The van der Waals surface area contributed by atoms with Crippen LogP contribution in [0.1, 0.15) is 5.56 Å². The number of anilines is 1. The molecule has 0 saturated carbocycles. The molecular weight excluding hydrogens is 438 g/mol. The molecule has 1 fully saturated rings. The van der Waals surface area contributed by atoms with E-state index in [9.17, 15) is 4.79 Å². The van der Waals surface area contributed by atoms with Crippen LogP contribution in [-0.2, 0) is 4.79 Å². The molecule has 3 heterocycles. The first-order valence-electron chi connectivity index (χ1n) is 11.3. The van der Waals surface area contributed by atoms with Gasteiger partial charge >= 0.3 is 0 Å². The number of benzene rings is 2. The third-order valence-electron chi connectivity index (χ3n) is 6.54. The second kappa shape index (κ2) is 8.94. The number of carbonyl (C=O) groups excluding carboxylic acids is 1. The van der Waals surface area contributed by atoms with E-state index in [4.69, 9.17) is 24.4 Å². The maximum Gasteiger partial charge on any atom is 0.267 e. The van der Waals surface area contributed by atoms with Crippen LogP contribution in [0, 0.1) is 5.41 Å². The van der Waals surface area contributed by atoms with Crippen molar-refractivity contribution in [3.63, 3.8) is 0 Å². The monoisotopic (exact) mass is 467 g/mol. The van der Waals surface area contributed by atoms with Crippen molar-refractivity contribution in [2.24, 2.45) is 0 Å². The summed E-state index contributed by atoms with van der Waals surface area (Å²) in [7, 11) is 5.07. The Morgan fingerprint density at radius 2 is 1.74 bits per heavy atom. The Morgan fingerprint density at radius 1 is 1.06 bits per heavy atom. The van der Waals surface area contributed by atoms with Crippen LogP contribution in [0.15, 0.2) is 36.4 Å². The van der Waals surface area contributed by atoms with Crippen molar-refractivity contribution in [3.05, 3.63) is 42.0 Å². The highest BCUT2D eigenvalue weighted by atomic mass is 16.6. The molecule has 10 nitrogen and oxygen atoms in total. The first-order valence-corrected chi connectivity index (χ1v) is 11.3. The minimum absolute atomic E-state index is 0.0611. The zero-order valence-corrected chi connectivity index (χ0v) is 19.5. The van der Waals surface area contributed by atoms with Gasteiger partial charge in [0.2, 0.25) is 6.10 Å². The lowest BCUT2D eigenvalue weighted by molar-refractivity contribution is -0.143. The molecule has 34 heavy (non-hydrogen) atoms. The maximum absolute atomic E-state index is 13.1. The average molecular weight is 468 g/mol. The number of hydrogen-bond acceptors (Lipinski definition) is 8. The Bertz CT molecular complexity index is 1100. The molecule has 0 aromatic heterocycles. The quantitative estimate of drug-likeness (QED) is 0.701. The van der Waals surface area contributed by atoms with Crippen molar-refractivity contribution in [3.8, 4) is 23.0 Å². The zero-order valence-electron chi connectivity index (χ0n) is 19.5. The van der Waals surface area contributed by atoms with E-state index < -0.39 is 6.10 Å². The summed E-state index contributed by atoms with van der Waals surface area (Å²) < 4.78 is 22.5. The first kappa shape index (κ1) is 22.1. The van der Waals surface area contributed by atoms with Crippen molar-refractivity contribution >= 4 is 17.4 Å². The van der Waals surface area contributed by atoms with Crippen LogP contribution in [0.5, 0.6) is 23.0 Å². The van der Waals surface area contributed by atoms with Gasteiger partial charge < -0.3 is 34.1 Å². The highest BCUT2D eigenvalue weighted by Crippen LogP contribution is 2.37. The fraction of sp³-hybridized carbons (Fsp3) is 0.417. The minimum Gasteiger partial charge on any atom is -0.493 e. The van der Waals surface area contributed by atoms with Gasteiger partial charge in [0, 0.05) is 44.9 Å². The van der Waals surface area contributed by atoms with Gasteiger partial charge in [-0.3, -0.25) is 15.1 Å². The summed E-state index contributed by atoms with van der Waals surface area (Å²) in [6.07, 6.45) is -0.851. The number of amides is 1. The molecule has 0 spiro atoms. The van der Waals surface area contributed by atoms with Gasteiger partial charge in [-0.15, -0.1) is 0 Å². The fourth-order valence-electron chi connectivity index (χ4n) is 4.61. The van der Waals surface area contributed by atoms with Gasteiger partial charge in [-0.2, -0.15) is 0 Å². The van der Waals surface area contributed by atoms with Crippen LogP contribution in [0.25, 0.3) is 0 Å². The molecule has 1 amide bonds. The number of piperazine rings is 1. The number of nitrogens with one attached hydrogen (secondary N) is 2. The molecule has 2 atom stereocenters. The number of hydrogen-bond donors (Lipinski definition) is 2. The van der Waals surface area contributed by atoms with Crippen LogP contribution in [0.2, 0.25) is 0 Å². The molecule has 180 valence electrons. The van der Waals surface area contributed by atoms with Gasteiger partial charge in [-0.1, -0.05) is 12.1 Å². The maximum atomic E-state index is 13.1. The summed E-state index contributed by atoms with van der Waals surface area (Å²) in [5.41, 5.74) is 1.57. The molecule has 2 unspecified atom stereocenters. The molecule has 3 aliphatic heterocycles. The Labute approximate surface area is 198 Å². The Hall–Kier alpha value is -3.66. The summed E-state index contributed by atoms with van der Waals surface area (Å²) in [5.74, 6) is 2.79. The highest BCUT2D eigenvalue weighted by Gasteiger charge is 2.37. The fourth-order valence-corrected chi connectivity index (χ4v) is 4.61. The largest absolute Gasteiger partial charge is 0.493 e. The number of amidine groups is 1. The lowest BCUT2D eigenvalue weighted by atomic mass is 10.1. The predicted octanol–water partition coefficient (Wildman–Crippen LogP) is 1.65. The molecule has 2 N–H and O–H groups in total. The summed E-state index contributed by atoms with van der Waals surface area (Å²) in [6, 6.07) is 11.1. The third-order valence-corrected chi connectivity index (χ3v) is 6.54. The Balaban J connectivity index is 1.24. The lowest BCUT2D eigenvalue weighted by Crippen LogP contribution is -2.62. The molecule has 0 aliphatic carbocycles. The molecule has 5 rings (SSSR count). The number of methoxy groups -OCH3 is 2. The van der Waals surface area contributed by atoms with E-state index in [-0.39, 0.29) is 18.8 Å². The minimum atomic E-state index is -0.639. The van der Waals surface area contributed by atoms with Gasteiger partial charge in [0.15, 0.2) is 29.3 Å². The Morgan fingerprint density at radius 3 is 2.44 bits per heavy atom. The number of fused-ring (bicyclic) bond motifs is 2. The van der Waals surface area contributed by atoms with E-state index in [1.54, 1.807) is 14.2 Å². The van der Waals surface area contributed by atoms with Crippen LogP contribution < -0.4 is 24.3 Å². The topological polar surface area (TPSA) is 99.6 Å². The zero-order chi connectivity index (χ0) is 23.8. The molecule has 0 bridgehead atoms. The van der Waals surface area contributed by atoms with Gasteiger partial charge in [0.25, 0.3) is 5.91 Å². The van der Waals surface area contributed by atoms with Crippen molar-refractivity contribution in [1.82, 2.24) is 14.7 Å². The second-order valence-corrected chi connectivity index (χ2v) is 8.46. The van der Waals surface area contributed by atoms with E-state index in [1.807, 2.05) is 53.2 Å². The molecule has 2 aromatic rings. The molecule has 0 radical (unpaired) electrons. The standard InChI is InChI=1S/C24H29N5O5/c1-27-22(25)15-12-19(31-2)20(32-3)13-16(15)26-24(27)29-10-8-28(9-11-29)23(30)21-14-33-17-6-4-5-7-18(17)34-21/h4-7,12-13,21,24-26H,8-11,14H2,1-3H3. The predicted molar refractivity (Wildman–Crippen MR) is 126 cm³/mol. The van der Waals surface area contributed by atoms with Gasteiger partial charge in [0.05, 0.1) is 19.9 Å². The molecule has 3 aliphatic rings. The third kappa shape index (κ3) is 3.83. The van der Waals surface area contributed by atoms with E-state index in [0.29, 0.717) is 55.0 Å². The summed E-state index contributed by atoms with van der Waals surface area (Å²) in [4.78, 5) is 19.0. The van der Waals surface area contributed by atoms with E-state index in [2.05, 4.69) is 10.2 Å². The first-order chi connectivity index (χ1) is 16.5. The number of nitrogens with zero attached hydrogens (tertiary/aromatic N) is 3. The van der Waals surface area contributed by atoms with E-state index in [0.717, 1.165) is 11.3 Å². The van der Waals surface area contributed by atoms with Crippen molar-refractivity contribution in [1.29, 1.82) is 5.41 Å². The van der Waals surface area contributed by atoms with E-state index in [1.165, 1.54) is 0 Å². The molecule has 10 heteroatoms. The molecular formula is C24H29N5O5. The highest BCUT2D eigenvalue weighted by molar-refractivity contribution is 6.04. The van der Waals surface area contributed by atoms with Gasteiger partial charge in [-0.05, 0) is 18.2 Å². The second-order valence-electron chi connectivity index (χ2n) is 8.46. The van der Waals surface area contributed by atoms with Crippen LogP contribution >= 0.6 is 0 Å². The summed E-state index contributed by atoms with van der Waals surface area (Å²) in [5, 5.41) is 12.2. The SMILES string of the molecule is COc1cc2c(cc1OC)C(=N)N(C)C(N1CCN(C(=O)C3COc4ccccc4O3)CC1)N2. The number of carbonyl (C=O) groups is 1. The molecule has 1 saturated heterocycles. The number of para-hydroxylation sites is 2. The van der Waals surface area contributed by atoms with Gasteiger partial charge in [0.1, 0.15) is 12.4 Å². The van der Waals surface area contributed by atoms with Crippen molar-refractivity contribution in [2.75, 3.05) is 59.4 Å². The lowest BCUT2D eigenvalue weighted by Gasteiger charge is -2.46. The molecule has 2 aromatic carbocycles. The smallest absolute Gasteiger partial charge is 0.267 e. The summed E-state index contributed by atoms with van der Waals surface area (Å²) in [6.45, 7) is 2.67. The van der Waals surface area contributed by atoms with Crippen molar-refractivity contribution < 1.29 is 23.7 Å². The van der Waals surface area contributed by atoms with Crippen molar-refractivity contribution in [2.45, 2.75) is 12.4 Å². The van der Waals surface area contributed by atoms with Gasteiger partial charge in [-0.25, -0.2) is 0 Å². The Kier molecular flexibility index (Phi) is 5.82. The summed E-state index contributed by atoms with van der Waals surface area (Å²) >= 11 is 0. The number of rotatable bonds is 4. The van der Waals surface area contributed by atoms with Crippen LogP contribution in [-0.4, -0.2) is 92.9 Å². The number of ether oxygens (including phenoxy) is 4. The normalized spacial score (nSPS) is 22.0. The van der Waals surface area contributed by atoms with E-state index >= 15 is 0 Å².